The van der Waals surface area contributed by atoms with E-state index in [9.17, 15) is 9.50 Å². The number of nitrogens with zero attached hydrogens (tertiary/aromatic N) is 3. The third-order valence-corrected chi connectivity index (χ3v) is 3.87. The highest BCUT2D eigenvalue weighted by Gasteiger charge is 2.35. The molecule has 4 nitrogen and oxygen atoms in total. The summed E-state index contributed by atoms with van der Waals surface area (Å²) in [6, 6.07) is 1.70. The van der Waals surface area contributed by atoms with Crippen LogP contribution in [0.5, 0.6) is 0 Å². The lowest BCUT2D eigenvalue weighted by molar-refractivity contribution is -0.0492. The van der Waals surface area contributed by atoms with Crippen LogP contribution >= 0.6 is 0 Å². The predicted molar refractivity (Wildman–Crippen MR) is 65.8 cm³/mol. The van der Waals surface area contributed by atoms with E-state index in [2.05, 4.69) is 10.3 Å². The number of halogens is 1. The lowest BCUT2D eigenvalue weighted by Gasteiger charge is -2.36. The van der Waals surface area contributed by atoms with Gasteiger partial charge in [0, 0.05) is 5.56 Å². The molecule has 0 unspecified atom stereocenters. The summed E-state index contributed by atoms with van der Waals surface area (Å²) in [5.41, 5.74) is 1.83. The van der Waals surface area contributed by atoms with Gasteiger partial charge in [-0.2, -0.15) is 0 Å². The molecule has 5 heteroatoms. The highest BCUT2D eigenvalue weighted by molar-refractivity contribution is 5.79. The van der Waals surface area contributed by atoms with E-state index in [-0.39, 0.29) is 5.82 Å². The smallest absolute Gasteiger partial charge is 0.131 e. The highest BCUT2D eigenvalue weighted by Crippen LogP contribution is 2.34. The summed E-state index contributed by atoms with van der Waals surface area (Å²) in [4.78, 5) is 0. The van der Waals surface area contributed by atoms with Crippen molar-refractivity contribution in [3.05, 3.63) is 23.0 Å². The monoisotopic (exact) mass is 249 g/mol. The Hall–Kier alpha value is -1.49. The Balaban J connectivity index is 2.10. The van der Waals surface area contributed by atoms with Crippen molar-refractivity contribution in [1.82, 2.24) is 15.0 Å². The number of fused-ring (bicyclic) bond motifs is 1. The van der Waals surface area contributed by atoms with Gasteiger partial charge >= 0.3 is 0 Å². The molecule has 0 aliphatic heterocycles. The third kappa shape index (κ3) is 1.61. The summed E-state index contributed by atoms with van der Waals surface area (Å²) >= 11 is 0. The zero-order chi connectivity index (χ0) is 12.9. The van der Waals surface area contributed by atoms with E-state index in [1.165, 1.54) is 0 Å². The van der Waals surface area contributed by atoms with Crippen molar-refractivity contribution in [3.8, 4) is 0 Å². The van der Waals surface area contributed by atoms with Gasteiger partial charge < -0.3 is 5.11 Å². The van der Waals surface area contributed by atoms with E-state index < -0.39 is 5.60 Å². The standard InChI is InChI=1S/C13H16FN3O/c1-8-6-10-12(9(2)11(8)14)17(16-15-10)7-13(18)4-3-5-13/h6,18H,3-5,7H2,1-2H3. The van der Waals surface area contributed by atoms with Gasteiger partial charge in [0.2, 0.25) is 0 Å². The molecule has 0 atom stereocenters. The van der Waals surface area contributed by atoms with Crippen LogP contribution < -0.4 is 0 Å². The van der Waals surface area contributed by atoms with Crippen LogP contribution in [0.1, 0.15) is 30.4 Å². The quantitative estimate of drug-likeness (QED) is 0.886. The Morgan fingerprint density at radius 3 is 2.78 bits per heavy atom. The lowest BCUT2D eigenvalue weighted by atomic mass is 9.80. The minimum absolute atomic E-state index is 0.216. The molecule has 1 aliphatic carbocycles. The van der Waals surface area contributed by atoms with E-state index in [1.54, 1.807) is 24.6 Å². The topological polar surface area (TPSA) is 50.9 Å². The van der Waals surface area contributed by atoms with Gasteiger partial charge in [-0.05, 0) is 44.7 Å². The second kappa shape index (κ2) is 3.75. The maximum atomic E-state index is 13.9. The largest absolute Gasteiger partial charge is 0.388 e. The van der Waals surface area contributed by atoms with Gasteiger partial charge in [-0.15, -0.1) is 5.10 Å². The maximum absolute atomic E-state index is 13.9. The Labute approximate surface area is 104 Å². The Kier molecular flexibility index (Phi) is 2.41. The van der Waals surface area contributed by atoms with Gasteiger partial charge in [-0.1, -0.05) is 5.21 Å². The van der Waals surface area contributed by atoms with Crippen molar-refractivity contribution < 1.29 is 9.50 Å². The van der Waals surface area contributed by atoms with E-state index in [0.717, 1.165) is 19.3 Å². The fourth-order valence-electron chi connectivity index (χ4n) is 2.61. The van der Waals surface area contributed by atoms with Crippen LogP contribution in [-0.2, 0) is 6.54 Å². The number of aryl methyl sites for hydroxylation is 2. The van der Waals surface area contributed by atoms with Crippen LogP contribution in [0, 0.1) is 19.7 Å². The Morgan fingerprint density at radius 2 is 2.17 bits per heavy atom. The van der Waals surface area contributed by atoms with Gasteiger partial charge in [-0.3, -0.25) is 0 Å². The van der Waals surface area contributed by atoms with Crippen molar-refractivity contribution in [3.63, 3.8) is 0 Å². The highest BCUT2D eigenvalue weighted by atomic mass is 19.1. The van der Waals surface area contributed by atoms with E-state index >= 15 is 0 Å². The molecule has 1 aromatic heterocycles. The number of aliphatic hydroxyl groups is 1. The number of aromatic nitrogens is 3. The predicted octanol–water partition coefficient (Wildman–Crippen LogP) is 2.10. The van der Waals surface area contributed by atoms with Crippen molar-refractivity contribution in [1.29, 1.82) is 0 Å². The molecule has 0 bridgehead atoms. The minimum Gasteiger partial charge on any atom is -0.388 e. The molecule has 96 valence electrons. The molecular weight excluding hydrogens is 233 g/mol. The summed E-state index contributed by atoms with van der Waals surface area (Å²) in [7, 11) is 0. The molecule has 1 aliphatic rings. The molecule has 18 heavy (non-hydrogen) atoms. The van der Waals surface area contributed by atoms with Crippen molar-refractivity contribution in [2.24, 2.45) is 0 Å². The molecule has 3 rings (SSSR count). The molecule has 0 saturated heterocycles. The molecule has 1 fully saturated rings. The first-order chi connectivity index (χ1) is 8.50. The van der Waals surface area contributed by atoms with Crippen LogP contribution in [0.3, 0.4) is 0 Å². The van der Waals surface area contributed by atoms with Crippen LogP contribution in [-0.4, -0.2) is 25.7 Å². The summed E-state index contributed by atoms with van der Waals surface area (Å²) in [6.45, 7) is 3.85. The first-order valence-corrected chi connectivity index (χ1v) is 6.21. The average molecular weight is 249 g/mol. The van der Waals surface area contributed by atoms with Crippen molar-refractivity contribution in [2.45, 2.75) is 45.3 Å². The molecule has 1 saturated carbocycles. The second-order valence-corrected chi connectivity index (χ2v) is 5.33. The molecule has 0 radical (unpaired) electrons. The number of hydrogen-bond donors (Lipinski definition) is 1. The molecular formula is C13H16FN3O. The number of hydrogen-bond acceptors (Lipinski definition) is 3. The van der Waals surface area contributed by atoms with Crippen LogP contribution in [0.25, 0.3) is 11.0 Å². The van der Waals surface area contributed by atoms with E-state index in [1.807, 2.05) is 0 Å². The normalized spacial score (nSPS) is 18.0. The second-order valence-electron chi connectivity index (χ2n) is 5.33. The van der Waals surface area contributed by atoms with Crippen molar-refractivity contribution >= 4 is 11.0 Å². The van der Waals surface area contributed by atoms with Gasteiger partial charge in [-0.25, -0.2) is 9.07 Å². The molecule has 1 N–H and O–H groups in total. The minimum atomic E-state index is -0.686. The zero-order valence-corrected chi connectivity index (χ0v) is 10.6. The van der Waals surface area contributed by atoms with Crippen molar-refractivity contribution in [2.75, 3.05) is 0 Å². The fourth-order valence-corrected chi connectivity index (χ4v) is 2.61. The Bertz CT molecular complexity index is 616. The van der Waals surface area contributed by atoms with Crippen LogP contribution in [0.2, 0.25) is 0 Å². The lowest BCUT2D eigenvalue weighted by Crippen LogP contribution is -2.41. The van der Waals surface area contributed by atoms with E-state index in [0.29, 0.717) is 28.7 Å². The van der Waals surface area contributed by atoms with Gasteiger partial charge in [0.05, 0.1) is 17.7 Å². The molecule has 0 spiro atoms. The van der Waals surface area contributed by atoms with Gasteiger partial charge in [0.25, 0.3) is 0 Å². The van der Waals surface area contributed by atoms with Gasteiger partial charge in [0.1, 0.15) is 11.3 Å². The number of benzene rings is 1. The number of rotatable bonds is 2. The molecule has 0 amide bonds. The SMILES string of the molecule is Cc1cc2nnn(CC3(O)CCC3)c2c(C)c1F. The first kappa shape index (κ1) is 11.6. The summed E-state index contributed by atoms with van der Waals surface area (Å²) < 4.78 is 15.5. The van der Waals surface area contributed by atoms with Gasteiger partial charge in [0.15, 0.2) is 0 Å². The summed E-state index contributed by atoms with van der Waals surface area (Å²) in [6.07, 6.45) is 2.60. The first-order valence-electron chi connectivity index (χ1n) is 6.21. The zero-order valence-electron chi connectivity index (χ0n) is 10.6. The van der Waals surface area contributed by atoms with E-state index in [4.69, 9.17) is 0 Å². The van der Waals surface area contributed by atoms with Crippen LogP contribution in [0.15, 0.2) is 6.07 Å². The third-order valence-electron chi connectivity index (χ3n) is 3.87. The van der Waals surface area contributed by atoms with Crippen LogP contribution in [0.4, 0.5) is 4.39 Å². The average Bonchev–Trinajstić information content (AvgIpc) is 2.67. The maximum Gasteiger partial charge on any atom is 0.131 e. The Morgan fingerprint density at radius 1 is 1.44 bits per heavy atom. The summed E-state index contributed by atoms with van der Waals surface area (Å²) in [5, 5.41) is 18.3. The molecule has 1 aromatic carbocycles. The fraction of sp³-hybridized carbons (Fsp3) is 0.538. The molecule has 1 heterocycles. The summed E-state index contributed by atoms with van der Waals surface area (Å²) in [5.74, 6) is -0.216. The molecule has 2 aromatic rings.